The van der Waals surface area contributed by atoms with E-state index in [9.17, 15) is 58.9 Å². The van der Waals surface area contributed by atoms with Gasteiger partial charge in [0, 0.05) is 12.8 Å². The molecule has 0 aromatic carbocycles. The normalized spacial score (nSPS) is 22.4. The summed E-state index contributed by atoms with van der Waals surface area (Å²) in [5.74, 6) is -1.34. The van der Waals surface area contributed by atoms with Crippen LogP contribution in [-0.4, -0.2) is 114 Å². The fourth-order valence-corrected chi connectivity index (χ4v) is 8.24. The summed E-state index contributed by atoms with van der Waals surface area (Å²) in [6.07, 6.45) is 29.9. The molecule has 0 saturated heterocycles. The van der Waals surface area contributed by atoms with Crippen molar-refractivity contribution in [2.75, 3.05) is 13.2 Å². The number of rotatable bonds is 39. The third-order valence-corrected chi connectivity index (χ3v) is 12.0. The number of carbonyl (C=O) groups is 2. The number of aliphatic hydroxyl groups is 5. The molecule has 390 valence electrons. The van der Waals surface area contributed by atoms with Crippen LogP contribution in [0.1, 0.15) is 149 Å². The zero-order valence-corrected chi connectivity index (χ0v) is 41.9. The summed E-state index contributed by atoms with van der Waals surface area (Å²) in [5.41, 5.74) is 0. The molecule has 1 saturated carbocycles. The number of carbonyl (C=O) groups excluding carboxylic acids is 2. The van der Waals surface area contributed by atoms with Crippen molar-refractivity contribution in [2.24, 2.45) is 0 Å². The predicted molar refractivity (Wildman–Crippen MR) is 261 cm³/mol. The van der Waals surface area contributed by atoms with Gasteiger partial charge in [0.15, 0.2) is 6.10 Å². The summed E-state index contributed by atoms with van der Waals surface area (Å²) in [5, 5.41) is 51.3. The van der Waals surface area contributed by atoms with Gasteiger partial charge in [-0.05, 0) is 83.5 Å². The Bertz CT molecular complexity index is 1650. The van der Waals surface area contributed by atoms with E-state index in [-0.39, 0.29) is 12.8 Å². The first-order valence-corrected chi connectivity index (χ1v) is 27.3. The number of unbranched alkanes of at least 4 members (excludes halogenated alkanes) is 11. The van der Waals surface area contributed by atoms with Gasteiger partial charge in [0.1, 0.15) is 43.2 Å². The maximum Gasteiger partial charge on any atom is 0.472 e. The van der Waals surface area contributed by atoms with Crippen molar-refractivity contribution < 1.29 is 82.0 Å². The molecule has 1 aliphatic rings. The molecule has 0 amide bonds. The molecule has 9 atom stereocenters. The summed E-state index contributed by atoms with van der Waals surface area (Å²) < 4.78 is 49.3. The van der Waals surface area contributed by atoms with E-state index < -0.39 is 89.6 Å². The molecular formula is C49H82O17P2. The Morgan fingerprint density at radius 1 is 0.544 bits per heavy atom. The summed E-state index contributed by atoms with van der Waals surface area (Å²) >= 11 is 0. The monoisotopic (exact) mass is 1000 g/mol. The molecule has 1 aliphatic carbocycles. The molecule has 0 bridgehead atoms. The molecule has 17 nitrogen and oxygen atoms in total. The second-order valence-corrected chi connectivity index (χ2v) is 19.3. The molecule has 5 unspecified atom stereocenters. The van der Waals surface area contributed by atoms with Gasteiger partial charge in [0.05, 0.1) is 12.7 Å². The van der Waals surface area contributed by atoms with Gasteiger partial charge < -0.3 is 49.7 Å². The first-order valence-electron chi connectivity index (χ1n) is 24.2. The Kier molecular flexibility index (Phi) is 36.1. The van der Waals surface area contributed by atoms with Crippen molar-refractivity contribution in [1.82, 2.24) is 0 Å². The Morgan fingerprint density at radius 3 is 1.63 bits per heavy atom. The average molecular weight is 1010 g/mol. The van der Waals surface area contributed by atoms with E-state index in [1.54, 1.807) is 12.2 Å². The van der Waals surface area contributed by atoms with Crippen molar-refractivity contribution in [3.63, 3.8) is 0 Å². The third-order valence-electron chi connectivity index (χ3n) is 10.5. The smallest absolute Gasteiger partial charge is 0.462 e. The van der Waals surface area contributed by atoms with Crippen LogP contribution in [0.15, 0.2) is 85.1 Å². The molecule has 68 heavy (non-hydrogen) atoms. The first kappa shape index (κ1) is 63.2. The minimum atomic E-state index is -5.38. The molecule has 0 heterocycles. The second-order valence-electron chi connectivity index (χ2n) is 16.7. The summed E-state index contributed by atoms with van der Waals surface area (Å²) in [7, 11) is -10.7. The lowest BCUT2D eigenvalue weighted by Gasteiger charge is -2.43. The van der Waals surface area contributed by atoms with E-state index in [0.717, 1.165) is 57.8 Å². The van der Waals surface area contributed by atoms with Crippen LogP contribution < -0.4 is 0 Å². The van der Waals surface area contributed by atoms with Crippen LogP contribution in [0.25, 0.3) is 0 Å². The van der Waals surface area contributed by atoms with Crippen molar-refractivity contribution in [3.8, 4) is 0 Å². The molecule has 19 heteroatoms. The minimum Gasteiger partial charge on any atom is -0.462 e. The van der Waals surface area contributed by atoms with Crippen molar-refractivity contribution in [2.45, 2.75) is 198 Å². The number of phosphoric ester groups is 2. The first-order chi connectivity index (χ1) is 32.5. The van der Waals surface area contributed by atoms with E-state index in [1.807, 2.05) is 30.4 Å². The number of hydrogen-bond acceptors (Lipinski definition) is 14. The molecule has 8 N–H and O–H groups in total. The Balaban J connectivity index is 2.67. The van der Waals surface area contributed by atoms with Crippen LogP contribution in [0.5, 0.6) is 0 Å². The summed E-state index contributed by atoms with van der Waals surface area (Å²) in [6, 6.07) is 0. The van der Waals surface area contributed by atoms with Crippen LogP contribution in [-0.2, 0) is 41.8 Å². The molecule has 0 aliphatic heterocycles. The van der Waals surface area contributed by atoms with Crippen LogP contribution >= 0.6 is 15.6 Å². The fourth-order valence-electron chi connectivity index (χ4n) is 6.70. The molecule has 0 spiro atoms. The standard InChI is InChI=1S/C49H82O17P2/c1-3-5-7-9-11-12-13-14-15-16-17-18-19-20-25-29-33-37-43(52)64-41(39-63-68(60,61)66-49-46(55)44(53)45(54)48(47(49)56)65-67(57,58)59)38-62-42(51)36-32-28-24-22-21-23-27-31-35-40(50)34-30-26-10-8-6-4-2/h11-12,14-15,17-18,22-24,26-27,30-31,35,40-41,44-50,53-56H,3-10,13,16,19-21,25,28-29,32-34,36-39H2,1-2H3,(H,60,61)(H2,57,58,59)/b12-11-,15-14-,18-17-,24-22-,27-23-,30-26-,35-31+/t40-,41-,44?,45?,46?,47?,48-,49+/m1/s1. The predicted octanol–water partition coefficient (Wildman–Crippen LogP) is 8.36. The molecule has 0 aromatic heterocycles. The van der Waals surface area contributed by atoms with E-state index in [0.29, 0.717) is 32.1 Å². The topological polar surface area (TPSA) is 276 Å². The molecule has 0 aromatic rings. The van der Waals surface area contributed by atoms with Gasteiger partial charge in [-0.15, -0.1) is 0 Å². The highest BCUT2D eigenvalue weighted by atomic mass is 31.2. The van der Waals surface area contributed by atoms with E-state index in [4.69, 9.17) is 18.5 Å². The SMILES string of the molecule is CCCCC/C=C\C/C=C\C/C=C\CCCCCCC(=O)O[C@H](COC(=O)CCC/C=C\C/C=C\C=C\[C@H](O)C/C=C\CCCCC)COP(=O)(O)O[C@H]1C(O)C(O)C(O)[C@@H](OP(=O)(O)O)C1O. The van der Waals surface area contributed by atoms with Crippen LogP contribution in [0.3, 0.4) is 0 Å². The highest BCUT2D eigenvalue weighted by Gasteiger charge is 2.54. The van der Waals surface area contributed by atoms with Gasteiger partial charge in [-0.2, -0.15) is 0 Å². The molecule has 1 rings (SSSR count). The number of hydrogen-bond donors (Lipinski definition) is 8. The van der Waals surface area contributed by atoms with E-state index in [1.165, 1.54) is 32.1 Å². The molecule has 0 radical (unpaired) electrons. The fraction of sp³-hybridized carbons (Fsp3) is 0.673. The highest BCUT2D eigenvalue weighted by molar-refractivity contribution is 7.47. The average Bonchev–Trinajstić information content (AvgIpc) is 3.29. The number of allylic oxidation sites excluding steroid dienone is 12. The molecule has 1 fully saturated rings. The zero-order valence-electron chi connectivity index (χ0n) is 40.1. The minimum absolute atomic E-state index is 0.00318. The third kappa shape index (κ3) is 32.9. The molecular weight excluding hydrogens is 922 g/mol. The zero-order chi connectivity index (χ0) is 50.5. The summed E-state index contributed by atoms with van der Waals surface area (Å²) in [4.78, 5) is 54.3. The van der Waals surface area contributed by atoms with Gasteiger partial charge in [-0.1, -0.05) is 137 Å². The number of phosphoric acid groups is 2. The van der Waals surface area contributed by atoms with E-state index >= 15 is 0 Å². The van der Waals surface area contributed by atoms with Gasteiger partial charge in [-0.3, -0.25) is 23.2 Å². The lowest BCUT2D eigenvalue weighted by molar-refractivity contribution is -0.216. The van der Waals surface area contributed by atoms with Crippen LogP contribution in [0.2, 0.25) is 0 Å². The maximum absolute atomic E-state index is 13.0. The van der Waals surface area contributed by atoms with Crippen LogP contribution in [0.4, 0.5) is 0 Å². The number of ether oxygens (including phenoxy) is 2. The Labute approximate surface area is 404 Å². The van der Waals surface area contributed by atoms with Gasteiger partial charge in [-0.25, -0.2) is 9.13 Å². The van der Waals surface area contributed by atoms with Crippen molar-refractivity contribution >= 4 is 27.6 Å². The Hall–Kier alpha value is -2.86. The quantitative estimate of drug-likeness (QED) is 0.00944. The maximum atomic E-state index is 13.0. The van der Waals surface area contributed by atoms with Gasteiger partial charge in [0.25, 0.3) is 0 Å². The van der Waals surface area contributed by atoms with Crippen LogP contribution in [0, 0.1) is 0 Å². The van der Waals surface area contributed by atoms with Crippen molar-refractivity contribution in [3.05, 3.63) is 85.1 Å². The lowest BCUT2D eigenvalue weighted by Crippen LogP contribution is -2.64. The van der Waals surface area contributed by atoms with E-state index in [2.05, 4.69) is 60.9 Å². The lowest BCUT2D eigenvalue weighted by atomic mass is 9.85. The number of esters is 2. The second kappa shape index (κ2) is 38.8. The Morgan fingerprint density at radius 2 is 1.04 bits per heavy atom. The van der Waals surface area contributed by atoms with Gasteiger partial charge in [0.2, 0.25) is 0 Å². The highest BCUT2D eigenvalue weighted by Crippen LogP contribution is 2.49. The number of aliphatic hydroxyl groups excluding tert-OH is 5. The van der Waals surface area contributed by atoms with Gasteiger partial charge >= 0.3 is 27.6 Å². The largest absolute Gasteiger partial charge is 0.472 e. The summed E-state index contributed by atoms with van der Waals surface area (Å²) in [6.45, 7) is 2.91. The van der Waals surface area contributed by atoms with Crippen molar-refractivity contribution in [1.29, 1.82) is 0 Å².